The van der Waals surface area contributed by atoms with E-state index in [2.05, 4.69) is 27.7 Å². The fraction of sp³-hybridized carbons (Fsp3) is 1.00. The second-order valence-corrected chi connectivity index (χ2v) is 2.61. The fourth-order valence-corrected chi connectivity index (χ4v) is 1.34. The molecule has 0 bridgehead atoms. The summed E-state index contributed by atoms with van der Waals surface area (Å²) in [6.45, 7) is 14.2. The van der Waals surface area contributed by atoms with E-state index in [-0.39, 0.29) is 22.8 Å². The molecule has 0 fully saturated rings. The van der Waals surface area contributed by atoms with Crippen molar-refractivity contribution in [1.29, 1.82) is 0 Å². The molecule has 0 aliphatic rings. The van der Waals surface area contributed by atoms with E-state index in [0.29, 0.717) is 0 Å². The van der Waals surface area contributed by atoms with Gasteiger partial charge in [0.2, 0.25) is 0 Å². The Balaban J connectivity index is -0.000000320. The van der Waals surface area contributed by atoms with Crippen molar-refractivity contribution < 1.29 is 9.96 Å². The molecule has 0 aliphatic carbocycles. The highest BCUT2D eigenvalue weighted by Gasteiger charge is 2.16. The minimum atomic E-state index is 0. The van der Waals surface area contributed by atoms with Crippen molar-refractivity contribution in [3.05, 3.63) is 0 Å². The molecule has 0 aromatic carbocycles. The summed E-state index contributed by atoms with van der Waals surface area (Å²) in [6, 6.07) is 0. The van der Waals surface area contributed by atoms with Crippen LogP contribution >= 0.6 is 0 Å². The molecule has 2 nitrogen and oxygen atoms in total. The SMILES string of the molecule is CC[N+](CC)(CC)CC.[AlH3].[OH-]. The summed E-state index contributed by atoms with van der Waals surface area (Å²) in [7, 11) is 0. The summed E-state index contributed by atoms with van der Waals surface area (Å²) in [5, 5.41) is 0. The topological polar surface area (TPSA) is 30.0 Å². The van der Waals surface area contributed by atoms with E-state index in [1.807, 2.05) is 0 Å². The predicted molar refractivity (Wildman–Crippen MR) is 54.3 cm³/mol. The van der Waals surface area contributed by atoms with Crippen molar-refractivity contribution >= 4 is 17.4 Å². The average molecular weight is 177 g/mol. The van der Waals surface area contributed by atoms with E-state index in [1.54, 1.807) is 0 Å². The number of hydrogen-bond donors (Lipinski definition) is 0. The number of quaternary nitrogens is 1. The molecule has 11 heavy (non-hydrogen) atoms. The standard InChI is InChI=1S/C8H20N.Al.H2O.3H/c1-5-9(6-2,7-3)8-4;;;;;/h5-8H2,1-4H3;;1H2;;;/q+1;;;;;/p-1. The van der Waals surface area contributed by atoms with E-state index in [9.17, 15) is 0 Å². The zero-order chi connectivity index (χ0) is 7.33. The lowest BCUT2D eigenvalue weighted by molar-refractivity contribution is -0.921. The van der Waals surface area contributed by atoms with E-state index in [0.717, 1.165) is 0 Å². The quantitative estimate of drug-likeness (QED) is 0.455. The van der Waals surface area contributed by atoms with E-state index in [4.69, 9.17) is 0 Å². The normalized spacial score (nSPS) is 9.82. The first-order chi connectivity index (χ1) is 4.24. The molecular weight excluding hydrogens is 153 g/mol. The van der Waals surface area contributed by atoms with Gasteiger partial charge in [-0.3, -0.25) is 0 Å². The van der Waals surface area contributed by atoms with Gasteiger partial charge in [-0.2, -0.15) is 0 Å². The highest BCUT2D eigenvalue weighted by molar-refractivity contribution is 5.75. The van der Waals surface area contributed by atoms with Gasteiger partial charge in [0, 0.05) is 0 Å². The van der Waals surface area contributed by atoms with Gasteiger partial charge in [-0.15, -0.1) is 0 Å². The molecule has 0 aromatic rings. The molecule has 0 heterocycles. The smallest absolute Gasteiger partial charge is 0.187 e. The molecule has 0 radical (unpaired) electrons. The van der Waals surface area contributed by atoms with Crippen LogP contribution in [0.3, 0.4) is 0 Å². The van der Waals surface area contributed by atoms with Crippen LogP contribution in [-0.4, -0.2) is 53.5 Å². The lowest BCUT2D eigenvalue weighted by atomic mass is 10.3. The van der Waals surface area contributed by atoms with Gasteiger partial charge in [-0.1, -0.05) is 0 Å². The Hall–Kier alpha value is 0.452. The van der Waals surface area contributed by atoms with Gasteiger partial charge in [0.25, 0.3) is 0 Å². The molecule has 0 saturated heterocycles. The van der Waals surface area contributed by atoms with Gasteiger partial charge in [0.1, 0.15) is 0 Å². The van der Waals surface area contributed by atoms with Gasteiger partial charge in [0.15, 0.2) is 17.4 Å². The molecule has 1 N–H and O–H groups in total. The first-order valence-corrected chi connectivity index (χ1v) is 4.09. The molecule has 0 amide bonds. The molecule has 0 saturated carbocycles. The summed E-state index contributed by atoms with van der Waals surface area (Å²) in [4.78, 5) is 0. The maximum Gasteiger partial charge on any atom is 0.187 e. The third kappa shape index (κ3) is 4.82. The van der Waals surface area contributed by atoms with Crippen molar-refractivity contribution in [2.24, 2.45) is 0 Å². The molecular formula is C8H24AlNO. The Bertz CT molecular complexity index is 57.0. The molecule has 0 unspecified atom stereocenters. The molecule has 0 atom stereocenters. The van der Waals surface area contributed by atoms with Crippen molar-refractivity contribution in [1.82, 2.24) is 0 Å². The van der Waals surface area contributed by atoms with Crippen molar-refractivity contribution in [2.45, 2.75) is 27.7 Å². The summed E-state index contributed by atoms with van der Waals surface area (Å²) in [5.74, 6) is 0. The van der Waals surface area contributed by atoms with Crippen LogP contribution in [0, 0.1) is 0 Å². The van der Waals surface area contributed by atoms with Crippen LogP contribution in [0.2, 0.25) is 0 Å². The second-order valence-electron chi connectivity index (χ2n) is 2.61. The maximum absolute atomic E-state index is 2.27. The first-order valence-electron chi connectivity index (χ1n) is 4.09. The summed E-state index contributed by atoms with van der Waals surface area (Å²) in [6.07, 6.45) is 0. The van der Waals surface area contributed by atoms with Crippen molar-refractivity contribution in [2.75, 3.05) is 26.2 Å². The Labute approximate surface area is 81.6 Å². The largest absolute Gasteiger partial charge is 0.870 e. The van der Waals surface area contributed by atoms with E-state index >= 15 is 0 Å². The van der Waals surface area contributed by atoms with Crippen LogP contribution in [-0.2, 0) is 0 Å². The van der Waals surface area contributed by atoms with Crippen LogP contribution in [0.25, 0.3) is 0 Å². The average Bonchev–Trinajstić information content (AvgIpc) is 1.95. The van der Waals surface area contributed by atoms with Crippen LogP contribution in [0.1, 0.15) is 27.7 Å². The Morgan fingerprint density at radius 3 is 0.909 bits per heavy atom. The first kappa shape index (κ1) is 17.5. The monoisotopic (exact) mass is 177 g/mol. The molecule has 0 spiro atoms. The van der Waals surface area contributed by atoms with E-state index < -0.39 is 0 Å². The third-order valence-corrected chi connectivity index (χ3v) is 2.68. The minimum Gasteiger partial charge on any atom is -0.870 e. The summed E-state index contributed by atoms with van der Waals surface area (Å²) < 4.78 is 1.28. The fourth-order valence-electron chi connectivity index (χ4n) is 1.34. The van der Waals surface area contributed by atoms with Crippen LogP contribution in [0.15, 0.2) is 0 Å². The van der Waals surface area contributed by atoms with Crippen molar-refractivity contribution in [3.63, 3.8) is 0 Å². The molecule has 0 aliphatic heterocycles. The zero-order valence-electron chi connectivity index (χ0n) is 7.72. The Morgan fingerprint density at radius 2 is 0.909 bits per heavy atom. The molecule has 3 heteroatoms. The highest BCUT2D eigenvalue weighted by Crippen LogP contribution is 2.03. The lowest BCUT2D eigenvalue weighted by Crippen LogP contribution is -2.47. The van der Waals surface area contributed by atoms with Crippen LogP contribution < -0.4 is 0 Å². The Morgan fingerprint density at radius 1 is 0.727 bits per heavy atom. The molecule has 70 valence electrons. The summed E-state index contributed by atoms with van der Waals surface area (Å²) >= 11 is 0. The van der Waals surface area contributed by atoms with Crippen LogP contribution in [0.4, 0.5) is 0 Å². The zero-order valence-corrected chi connectivity index (χ0v) is 7.72. The molecule has 0 rings (SSSR count). The van der Waals surface area contributed by atoms with Gasteiger partial charge >= 0.3 is 0 Å². The number of hydrogen-bond acceptors (Lipinski definition) is 1. The van der Waals surface area contributed by atoms with Crippen molar-refractivity contribution in [3.8, 4) is 0 Å². The third-order valence-electron chi connectivity index (χ3n) is 2.68. The predicted octanol–water partition coefficient (Wildman–Crippen LogP) is 0.522. The van der Waals surface area contributed by atoms with Gasteiger partial charge in [0.05, 0.1) is 26.2 Å². The van der Waals surface area contributed by atoms with Crippen LogP contribution in [0.5, 0.6) is 0 Å². The number of nitrogens with zero attached hydrogens (tertiary/aromatic N) is 1. The van der Waals surface area contributed by atoms with Gasteiger partial charge in [-0.25, -0.2) is 0 Å². The van der Waals surface area contributed by atoms with Gasteiger partial charge in [-0.05, 0) is 27.7 Å². The summed E-state index contributed by atoms with van der Waals surface area (Å²) in [5.41, 5.74) is 0. The second kappa shape index (κ2) is 8.55. The van der Waals surface area contributed by atoms with Gasteiger partial charge < -0.3 is 9.96 Å². The Kier molecular flexibility index (Phi) is 13.6. The lowest BCUT2D eigenvalue weighted by Gasteiger charge is -2.34. The highest BCUT2D eigenvalue weighted by atomic mass is 27.0. The molecule has 0 aromatic heterocycles. The minimum absolute atomic E-state index is 0. The maximum atomic E-state index is 2.27. The van der Waals surface area contributed by atoms with E-state index in [1.165, 1.54) is 30.7 Å². The number of rotatable bonds is 4.